The van der Waals surface area contributed by atoms with E-state index in [-0.39, 0.29) is 6.61 Å². The number of hydrogen-bond acceptors (Lipinski definition) is 6. The molecular weight excluding hydrogens is 246 g/mol. The molecule has 0 amide bonds. The first-order chi connectivity index (χ1) is 7.88. The number of rotatable bonds is 4. The third-order valence-corrected chi connectivity index (χ3v) is 3.65. The van der Waals surface area contributed by atoms with E-state index in [2.05, 4.69) is 0 Å². The summed E-state index contributed by atoms with van der Waals surface area (Å²) in [7, 11) is 3.41. The van der Waals surface area contributed by atoms with Gasteiger partial charge in [-0.2, -0.15) is 0 Å². The average Bonchev–Trinajstić information content (AvgIpc) is 2.35. The van der Waals surface area contributed by atoms with Crippen LogP contribution in [0.2, 0.25) is 0 Å². The Morgan fingerprint density at radius 1 is 1.65 bits per heavy atom. The van der Waals surface area contributed by atoms with Gasteiger partial charge in [0, 0.05) is 26.2 Å². The monoisotopic (exact) mass is 261 g/mol. The van der Waals surface area contributed by atoms with Crippen LogP contribution in [0.1, 0.15) is 6.42 Å². The summed E-state index contributed by atoms with van der Waals surface area (Å²) in [4.78, 5) is 11.3. The number of fused-ring (bicyclic) bond motifs is 2. The first kappa shape index (κ1) is 13.5. The SMILES string of the molecule is [B][C@@H]1O[C@@]2(COC)CCO[C@H]1C2OP(C)(=O)[O-]. The Morgan fingerprint density at radius 2 is 2.35 bits per heavy atom. The molecule has 0 aromatic rings. The van der Waals surface area contributed by atoms with E-state index in [0.717, 1.165) is 6.66 Å². The third kappa shape index (κ3) is 2.60. The van der Waals surface area contributed by atoms with E-state index in [0.29, 0.717) is 13.0 Å². The maximum atomic E-state index is 11.3. The molecule has 2 fully saturated rings. The molecule has 5 atom stereocenters. The van der Waals surface area contributed by atoms with Crippen LogP contribution in [0.3, 0.4) is 0 Å². The van der Waals surface area contributed by atoms with Crippen molar-refractivity contribution in [2.24, 2.45) is 0 Å². The van der Waals surface area contributed by atoms with Gasteiger partial charge in [0.15, 0.2) is 0 Å². The predicted molar refractivity (Wildman–Crippen MR) is 58.0 cm³/mol. The molecule has 0 aliphatic carbocycles. The van der Waals surface area contributed by atoms with Crippen LogP contribution in [-0.2, 0) is 23.3 Å². The zero-order chi connectivity index (χ0) is 12.7. The summed E-state index contributed by atoms with van der Waals surface area (Å²) in [5.41, 5.74) is -0.826. The first-order valence-electron chi connectivity index (χ1n) is 5.39. The molecule has 0 aromatic heterocycles. The summed E-state index contributed by atoms with van der Waals surface area (Å²) in [6.45, 7) is 1.70. The summed E-state index contributed by atoms with van der Waals surface area (Å²) in [6, 6.07) is -0.691. The Hall–Kier alpha value is 0.0949. The molecule has 0 spiro atoms. The Morgan fingerprint density at radius 3 is 2.94 bits per heavy atom. The van der Waals surface area contributed by atoms with Crippen molar-refractivity contribution in [1.29, 1.82) is 0 Å². The Labute approximate surface area is 102 Å². The summed E-state index contributed by atoms with van der Waals surface area (Å²) in [5.74, 6) is 0. The molecular formula is C9H15BO6P-. The van der Waals surface area contributed by atoms with E-state index >= 15 is 0 Å². The van der Waals surface area contributed by atoms with Crippen LogP contribution in [0.25, 0.3) is 0 Å². The Kier molecular flexibility index (Phi) is 3.70. The molecule has 96 valence electrons. The second kappa shape index (κ2) is 4.65. The van der Waals surface area contributed by atoms with E-state index in [1.54, 1.807) is 0 Å². The molecule has 2 aliphatic rings. The van der Waals surface area contributed by atoms with Gasteiger partial charge in [-0.15, -0.1) is 0 Å². The highest BCUT2D eigenvalue weighted by Crippen LogP contribution is 2.47. The fourth-order valence-electron chi connectivity index (χ4n) is 2.42. The van der Waals surface area contributed by atoms with Gasteiger partial charge in [-0.1, -0.05) is 0 Å². The predicted octanol–water partition coefficient (Wildman–Crippen LogP) is -0.746. The molecule has 2 aliphatic heterocycles. The topological polar surface area (TPSA) is 77.0 Å². The molecule has 6 nitrogen and oxygen atoms in total. The van der Waals surface area contributed by atoms with E-state index in [1.165, 1.54) is 7.11 Å². The lowest BCUT2D eigenvalue weighted by atomic mass is 9.86. The average molecular weight is 261 g/mol. The van der Waals surface area contributed by atoms with Crippen molar-refractivity contribution in [3.63, 3.8) is 0 Å². The van der Waals surface area contributed by atoms with E-state index in [4.69, 9.17) is 26.6 Å². The maximum Gasteiger partial charge on any atom is 0.132 e. The molecule has 0 saturated carbocycles. The number of ether oxygens (including phenoxy) is 3. The quantitative estimate of drug-likeness (QED) is 0.489. The van der Waals surface area contributed by atoms with Crippen LogP contribution >= 0.6 is 7.60 Å². The van der Waals surface area contributed by atoms with Crippen LogP contribution < -0.4 is 4.89 Å². The summed E-state index contributed by atoms with van der Waals surface area (Å²) < 4.78 is 32.5. The Balaban J connectivity index is 2.24. The van der Waals surface area contributed by atoms with E-state index in [9.17, 15) is 9.46 Å². The second-order valence-electron chi connectivity index (χ2n) is 4.46. The van der Waals surface area contributed by atoms with Gasteiger partial charge in [0.1, 0.15) is 33.3 Å². The highest BCUT2D eigenvalue weighted by atomic mass is 31.2. The maximum absolute atomic E-state index is 11.3. The molecule has 2 bridgehead atoms. The summed E-state index contributed by atoms with van der Waals surface area (Å²) in [6.07, 6.45) is -0.809. The van der Waals surface area contributed by atoms with E-state index < -0.39 is 31.4 Å². The van der Waals surface area contributed by atoms with Crippen molar-refractivity contribution in [3.05, 3.63) is 0 Å². The second-order valence-corrected chi connectivity index (χ2v) is 6.22. The molecule has 2 radical (unpaired) electrons. The summed E-state index contributed by atoms with van der Waals surface area (Å²) >= 11 is 0. The zero-order valence-corrected chi connectivity index (χ0v) is 10.7. The van der Waals surface area contributed by atoms with Crippen molar-refractivity contribution in [2.45, 2.75) is 30.2 Å². The van der Waals surface area contributed by atoms with Crippen molar-refractivity contribution >= 4 is 15.4 Å². The smallest absolute Gasteiger partial charge is 0.132 e. The van der Waals surface area contributed by atoms with Crippen LogP contribution in [0.5, 0.6) is 0 Å². The van der Waals surface area contributed by atoms with Gasteiger partial charge in [-0.3, -0.25) is 0 Å². The van der Waals surface area contributed by atoms with Crippen molar-refractivity contribution in [1.82, 2.24) is 0 Å². The minimum absolute atomic E-state index is 0.227. The summed E-state index contributed by atoms with van der Waals surface area (Å²) in [5, 5.41) is 0. The highest BCUT2D eigenvalue weighted by Gasteiger charge is 2.58. The number of hydrogen-bond donors (Lipinski definition) is 0. The lowest BCUT2D eigenvalue weighted by Crippen LogP contribution is -2.53. The fraction of sp³-hybridized carbons (Fsp3) is 1.00. The molecule has 0 N–H and O–H groups in total. The zero-order valence-electron chi connectivity index (χ0n) is 9.83. The van der Waals surface area contributed by atoms with Gasteiger partial charge < -0.3 is 28.2 Å². The fourth-order valence-corrected chi connectivity index (χ4v) is 3.15. The molecule has 2 saturated heterocycles. The lowest BCUT2D eigenvalue weighted by molar-refractivity contribution is -0.217. The van der Waals surface area contributed by atoms with Gasteiger partial charge in [0.25, 0.3) is 0 Å². The van der Waals surface area contributed by atoms with Crippen LogP contribution in [0, 0.1) is 0 Å². The largest absolute Gasteiger partial charge is 0.779 e. The van der Waals surface area contributed by atoms with Crippen LogP contribution in [0.15, 0.2) is 0 Å². The highest BCUT2D eigenvalue weighted by molar-refractivity contribution is 7.50. The number of methoxy groups -OCH3 is 1. The van der Waals surface area contributed by atoms with Gasteiger partial charge in [0.2, 0.25) is 0 Å². The molecule has 8 heteroatoms. The first-order valence-corrected chi connectivity index (χ1v) is 7.38. The van der Waals surface area contributed by atoms with Gasteiger partial charge in [-0.05, 0) is 0 Å². The van der Waals surface area contributed by atoms with Gasteiger partial charge in [-0.25, -0.2) is 0 Å². The minimum Gasteiger partial charge on any atom is -0.779 e. The minimum atomic E-state index is -3.88. The molecule has 2 rings (SSSR count). The lowest BCUT2D eigenvalue weighted by Gasteiger charge is -2.40. The molecule has 0 aromatic carbocycles. The van der Waals surface area contributed by atoms with Gasteiger partial charge >= 0.3 is 0 Å². The van der Waals surface area contributed by atoms with Crippen molar-refractivity contribution in [3.8, 4) is 0 Å². The molecule has 17 heavy (non-hydrogen) atoms. The standard InChI is InChI=1S/C9H16BO6P/c1-13-5-9-3-4-14-6(8(10)15-9)7(9)16-17(2,11)12/h6-8H,3-5H2,1-2H3,(H,11,12)/p-1/t6-,7?,8+,9+/m0/s1. The molecule has 2 heterocycles. The molecule has 2 unspecified atom stereocenters. The van der Waals surface area contributed by atoms with Crippen molar-refractivity contribution < 1.29 is 28.2 Å². The van der Waals surface area contributed by atoms with Crippen LogP contribution in [0.4, 0.5) is 0 Å². The van der Waals surface area contributed by atoms with Crippen molar-refractivity contribution in [2.75, 3.05) is 27.0 Å². The van der Waals surface area contributed by atoms with E-state index in [1.807, 2.05) is 0 Å². The normalized spacial score (nSPS) is 44.5. The Bertz CT molecular complexity index is 329. The van der Waals surface area contributed by atoms with Gasteiger partial charge in [0.05, 0.1) is 13.2 Å². The van der Waals surface area contributed by atoms with Crippen LogP contribution in [-0.4, -0.2) is 58.6 Å². The third-order valence-electron chi connectivity index (χ3n) is 3.04.